The molecule has 2 aromatic heterocycles. The number of nitrogens with one attached hydrogen (secondary N) is 2. The van der Waals surface area contributed by atoms with E-state index in [-0.39, 0.29) is 34.8 Å². The first-order chi connectivity index (χ1) is 14.0. The molecule has 2 N–H and O–H groups in total. The molecule has 0 saturated carbocycles. The van der Waals surface area contributed by atoms with Gasteiger partial charge in [-0.2, -0.15) is 9.97 Å². The molecule has 0 amide bonds. The third-order valence-electron chi connectivity index (χ3n) is 3.95. The first-order valence-corrected chi connectivity index (χ1v) is 8.83. The van der Waals surface area contributed by atoms with Crippen molar-refractivity contribution in [2.75, 3.05) is 37.9 Å². The second kappa shape index (κ2) is 10.6. The summed E-state index contributed by atoms with van der Waals surface area (Å²) in [5.74, 6) is 0.886. The highest BCUT2D eigenvalue weighted by molar-refractivity contribution is 5.57. The summed E-state index contributed by atoms with van der Waals surface area (Å²) in [6.45, 7) is 0.969. The van der Waals surface area contributed by atoms with Crippen molar-refractivity contribution in [1.82, 2.24) is 9.97 Å². The molecule has 29 heavy (non-hydrogen) atoms. The Morgan fingerprint density at radius 1 is 0.793 bits per heavy atom. The normalized spacial score (nSPS) is 10.3. The number of nitrogens with zero attached hydrogens (tertiary/aromatic N) is 4. The van der Waals surface area contributed by atoms with Gasteiger partial charge in [0.05, 0.1) is 24.1 Å². The molecule has 0 bridgehead atoms. The van der Waals surface area contributed by atoms with Gasteiger partial charge in [0.15, 0.2) is 0 Å². The Hall–Kier alpha value is -3.70. The van der Waals surface area contributed by atoms with Crippen LogP contribution in [0.15, 0.2) is 24.3 Å². The number of hydrogen-bond donors (Lipinski definition) is 2. The van der Waals surface area contributed by atoms with Gasteiger partial charge in [-0.25, -0.2) is 0 Å². The van der Waals surface area contributed by atoms with Crippen LogP contribution in [0.3, 0.4) is 0 Å². The maximum absolute atomic E-state index is 11.1. The van der Waals surface area contributed by atoms with Crippen LogP contribution in [0.2, 0.25) is 0 Å². The number of methoxy groups -OCH3 is 2. The van der Waals surface area contributed by atoms with Crippen molar-refractivity contribution in [1.29, 1.82) is 0 Å². The number of anilines is 2. The van der Waals surface area contributed by atoms with Crippen LogP contribution in [0.25, 0.3) is 0 Å². The largest absolute Gasteiger partial charge is 0.481 e. The maximum Gasteiger partial charge on any atom is 0.311 e. The number of ether oxygens (including phenoxy) is 2. The van der Waals surface area contributed by atoms with Crippen molar-refractivity contribution in [2.24, 2.45) is 0 Å². The molecular weight excluding hydrogens is 384 g/mol. The van der Waals surface area contributed by atoms with Crippen LogP contribution in [0.4, 0.5) is 23.0 Å². The summed E-state index contributed by atoms with van der Waals surface area (Å²) >= 11 is 0. The molecule has 156 valence electrons. The number of pyridine rings is 2. The zero-order chi connectivity index (χ0) is 21.2. The predicted molar refractivity (Wildman–Crippen MR) is 106 cm³/mol. The lowest BCUT2D eigenvalue weighted by Gasteiger charge is -2.09. The lowest BCUT2D eigenvalue weighted by molar-refractivity contribution is -0.384. The minimum absolute atomic E-state index is 0.121. The third-order valence-corrected chi connectivity index (χ3v) is 3.95. The fourth-order valence-electron chi connectivity index (χ4n) is 2.49. The SMILES string of the molecule is COc1ccc([N+](=O)[O-])c(NCCCCCNc2nc(OC)ccc2[N+](=O)[O-])n1. The highest BCUT2D eigenvalue weighted by atomic mass is 16.6. The maximum atomic E-state index is 11.1. The molecule has 0 aromatic carbocycles. The molecule has 2 heterocycles. The number of hydrogen-bond acceptors (Lipinski definition) is 10. The molecule has 2 rings (SSSR count). The second-order valence-electron chi connectivity index (χ2n) is 5.87. The molecule has 12 nitrogen and oxygen atoms in total. The van der Waals surface area contributed by atoms with Crippen LogP contribution in [0.5, 0.6) is 11.8 Å². The Kier molecular flexibility index (Phi) is 7.88. The van der Waals surface area contributed by atoms with Gasteiger partial charge in [0, 0.05) is 37.4 Å². The average molecular weight is 406 g/mol. The van der Waals surface area contributed by atoms with Crippen molar-refractivity contribution in [3.63, 3.8) is 0 Å². The van der Waals surface area contributed by atoms with Crippen molar-refractivity contribution < 1.29 is 19.3 Å². The Morgan fingerprint density at radius 2 is 1.21 bits per heavy atom. The Bertz CT molecular complexity index is 793. The van der Waals surface area contributed by atoms with E-state index >= 15 is 0 Å². The van der Waals surface area contributed by atoms with E-state index in [1.54, 1.807) is 0 Å². The standard InChI is InChI=1S/C17H22N6O6/c1-28-14-8-6-12(22(24)25)16(20-14)18-10-4-3-5-11-19-17-13(23(26)27)7-9-15(21-17)29-2/h6-9H,3-5,10-11H2,1-2H3,(H,18,20)(H,19,21). The van der Waals surface area contributed by atoms with Crippen molar-refractivity contribution in [3.05, 3.63) is 44.5 Å². The van der Waals surface area contributed by atoms with Crippen LogP contribution in [-0.4, -0.2) is 47.1 Å². The summed E-state index contributed by atoms with van der Waals surface area (Å²) in [4.78, 5) is 29.2. The van der Waals surface area contributed by atoms with Gasteiger partial charge in [-0.1, -0.05) is 0 Å². The van der Waals surface area contributed by atoms with Crippen LogP contribution in [-0.2, 0) is 0 Å². The average Bonchev–Trinajstić information content (AvgIpc) is 2.72. The van der Waals surface area contributed by atoms with E-state index in [1.807, 2.05) is 0 Å². The number of unbranched alkanes of at least 4 members (excludes halogenated alkanes) is 2. The van der Waals surface area contributed by atoms with Crippen LogP contribution >= 0.6 is 0 Å². The molecule has 0 unspecified atom stereocenters. The Balaban J connectivity index is 1.79. The highest BCUT2D eigenvalue weighted by Gasteiger charge is 2.17. The molecule has 0 fully saturated rings. The zero-order valence-corrected chi connectivity index (χ0v) is 16.1. The Labute approximate surface area is 166 Å². The lowest BCUT2D eigenvalue weighted by atomic mass is 10.2. The van der Waals surface area contributed by atoms with E-state index in [4.69, 9.17) is 9.47 Å². The van der Waals surface area contributed by atoms with Gasteiger partial charge in [-0.05, 0) is 19.3 Å². The van der Waals surface area contributed by atoms with Crippen molar-refractivity contribution in [2.45, 2.75) is 19.3 Å². The van der Waals surface area contributed by atoms with E-state index in [0.29, 0.717) is 13.1 Å². The summed E-state index contributed by atoms with van der Waals surface area (Å²) in [6, 6.07) is 5.54. The molecule has 0 aliphatic carbocycles. The summed E-state index contributed by atoms with van der Waals surface area (Å²) in [5, 5.41) is 28.0. The first-order valence-electron chi connectivity index (χ1n) is 8.83. The predicted octanol–water partition coefficient (Wildman–Crippen LogP) is 3.00. The number of aromatic nitrogens is 2. The molecule has 12 heteroatoms. The van der Waals surface area contributed by atoms with E-state index in [2.05, 4.69) is 20.6 Å². The van der Waals surface area contributed by atoms with Crippen LogP contribution < -0.4 is 20.1 Å². The van der Waals surface area contributed by atoms with Gasteiger partial charge in [0.1, 0.15) is 0 Å². The molecular formula is C17H22N6O6. The first kappa shape index (κ1) is 21.6. The molecule has 0 radical (unpaired) electrons. The van der Waals surface area contributed by atoms with E-state index in [0.717, 1.165) is 19.3 Å². The van der Waals surface area contributed by atoms with Gasteiger partial charge in [0.2, 0.25) is 23.4 Å². The lowest BCUT2D eigenvalue weighted by Crippen LogP contribution is -2.09. The fraction of sp³-hybridized carbons (Fsp3) is 0.412. The van der Waals surface area contributed by atoms with Crippen molar-refractivity contribution in [3.8, 4) is 11.8 Å². The molecule has 0 saturated heterocycles. The summed E-state index contributed by atoms with van der Waals surface area (Å²) in [6.07, 6.45) is 2.24. The number of rotatable bonds is 12. The van der Waals surface area contributed by atoms with Crippen molar-refractivity contribution >= 4 is 23.0 Å². The van der Waals surface area contributed by atoms with Crippen LogP contribution in [0, 0.1) is 20.2 Å². The quantitative estimate of drug-likeness (QED) is 0.305. The molecule has 0 aliphatic heterocycles. The van der Waals surface area contributed by atoms with Gasteiger partial charge < -0.3 is 20.1 Å². The van der Waals surface area contributed by atoms with Gasteiger partial charge in [-0.15, -0.1) is 0 Å². The number of nitro groups is 2. The minimum Gasteiger partial charge on any atom is -0.481 e. The topological polar surface area (TPSA) is 155 Å². The van der Waals surface area contributed by atoms with Gasteiger partial charge in [-0.3, -0.25) is 20.2 Å². The molecule has 0 atom stereocenters. The third kappa shape index (κ3) is 6.16. The van der Waals surface area contributed by atoms with E-state index < -0.39 is 9.85 Å². The fourth-order valence-corrected chi connectivity index (χ4v) is 2.49. The van der Waals surface area contributed by atoms with E-state index in [9.17, 15) is 20.2 Å². The Morgan fingerprint density at radius 3 is 1.55 bits per heavy atom. The van der Waals surface area contributed by atoms with Crippen LogP contribution in [0.1, 0.15) is 19.3 Å². The highest BCUT2D eigenvalue weighted by Crippen LogP contribution is 2.26. The molecule has 0 aliphatic rings. The molecule has 0 spiro atoms. The summed E-state index contributed by atoms with van der Waals surface area (Å²) < 4.78 is 9.98. The summed E-state index contributed by atoms with van der Waals surface area (Å²) in [7, 11) is 2.87. The van der Waals surface area contributed by atoms with E-state index in [1.165, 1.54) is 38.5 Å². The minimum atomic E-state index is -0.507. The molecule has 2 aromatic rings. The zero-order valence-electron chi connectivity index (χ0n) is 16.1. The van der Waals surface area contributed by atoms with Gasteiger partial charge in [0.25, 0.3) is 0 Å². The smallest absolute Gasteiger partial charge is 0.311 e. The van der Waals surface area contributed by atoms with Gasteiger partial charge >= 0.3 is 11.4 Å². The monoisotopic (exact) mass is 406 g/mol. The summed E-state index contributed by atoms with van der Waals surface area (Å²) in [5.41, 5.74) is -0.243. The second-order valence-corrected chi connectivity index (χ2v) is 5.87.